The molecule has 0 unspecified atom stereocenters. The summed E-state index contributed by atoms with van der Waals surface area (Å²) < 4.78 is 1.48. The largest absolute Gasteiger partial charge is 0.618 e. The molecule has 7 heteroatoms. The molecule has 106 valence electrons. The number of hydrogen-bond acceptors (Lipinski definition) is 4. The van der Waals surface area contributed by atoms with Crippen molar-refractivity contribution in [2.45, 2.75) is 11.6 Å². The van der Waals surface area contributed by atoms with Gasteiger partial charge in [0.25, 0.3) is 5.03 Å². The Bertz CT molecular complexity index is 604. The third-order valence-corrected chi connectivity index (χ3v) is 4.80. The predicted molar refractivity (Wildman–Crippen MR) is 81.9 cm³/mol. The minimum Gasteiger partial charge on any atom is -0.618 e. The molecule has 2 heterocycles. The van der Waals surface area contributed by atoms with Crippen LogP contribution in [0, 0.1) is 5.21 Å². The smallest absolute Gasteiger partial charge is 0.251 e. The molecule has 0 saturated carbocycles. The summed E-state index contributed by atoms with van der Waals surface area (Å²) in [5.74, 6) is 0.213. The third kappa shape index (κ3) is 4.13. The Morgan fingerprint density at radius 1 is 1.45 bits per heavy atom. The highest BCUT2D eigenvalue weighted by Gasteiger charge is 2.13. The van der Waals surface area contributed by atoms with Gasteiger partial charge in [0.05, 0.1) is 16.6 Å². The maximum Gasteiger partial charge on any atom is 0.251 e. The molecule has 0 fully saturated rings. The van der Waals surface area contributed by atoms with E-state index >= 15 is 0 Å². The Morgan fingerprint density at radius 3 is 2.90 bits per heavy atom. The van der Waals surface area contributed by atoms with Crippen molar-refractivity contribution in [3.63, 3.8) is 0 Å². The van der Waals surface area contributed by atoms with Gasteiger partial charge in [0.2, 0.25) is 5.91 Å². The van der Waals surface area contributed by atoms with Crippen LogP contribution in [0.5, 0.6) is 0 Å². The molecule has 4 nitrogen and oxygen atoms in total. The fourth-order valence-corrected chi connectivity index (χ4v) is 3.52. The predicted octanol–water partition coefficient (Wildman–Crippen LogP) is 2.79. The Kier molecular flexibility index (Phi) is 5.28. The SMILES string of the molecule is CN(Cc1ccc(Cl)s1)C(=O)CSc1cccc[n+]1[O-]. The van der Waals surface area contributed by atoms with Crippen molar-refractivity contribution in [2.24, 2.45) is 0 Å². The molecule has 0 saturated heterocycles. The molecule has 0 radical (unpaired) electrons. The van der Waals surface area contributed by atoms with Crippen molar-refractivity contribution >= 4 is 40.6 Å². The van der Waals surface area contributed by atoms with E-state index in [1.54, 1.807) is 30.1 Å². The van der Waals surface area contributed by atoms with Gasteiger partial charge in [-0.25, -0.2) is 0 Å². The second-order valence-electron chi connectivity index (χ2n) is 4.11. The zero-order valence-corrected chi connectivity index (χ0v) is 13.2. The third-order valence-electron chi connectivity index (χ3n) is 2.58. The quantitative estimate of drug-likeness (QED) is 0.482. The molecule has 0 spiro atoms. The maximum atomic E-state index is 12.0. The lowest BCUT2D eigenvalue weighted by molar-refractivity contribution is -0.645. The maximum absolute atomic E-state index is 12.0. The standard InChI is InChI=1S/C13H13ClN2O2S2/c1-15(8-10-5-6-11(14)20-10)12(17)9-19-13-4-2-3-7-16(13)18/h2-7H,8-9H2,1H3. The molecule has 0 aliphatic carbocycles. The van der Waals surface area contributed by atoms with Crippen LogP contribution >= 0.6 is 34.7 Å². The van der Waals surface area contributed by atoms with Crippen molar-refractivity contribution in [3.8, 4) is 0 Å². The van der Waals surface area contributed by atoms with E-state index in [0.29, 0.717) is 15.9 Å². The summed E-state index contributed by atoms with van der Waals surface area (Å²) in [4.78, 5) is 14.7. The summed E-state index contributed by atoms with van der Waals surface area (Å²) in [6.07, 6.45) is 1.42. The number of thiophene rings is 1. The lowest BCUT2D eigenvalue weighted by atomic mass is 10.4. The zero-order valence-electron chi connectivity index (χ0n) is 10.8. The lowest BCUT2D eigenvalue weighted by Gasteiger charge is -2.15. The highest BCUT2D eigenvalue weighted by molar-refractivity contribution is 7.99. The molecule has 0 N–H and O–H groups in total. The van der Waals surface area contributed by atoms with Gasteiger partial charge in [0.15, 0.2) is 6.20 Å². The minimum atomic E-state index is -0.0247. The van der Waals surface area contributed by atoms with E-state index in [1.165, 1.54) is 29.3 Å². The summed E-state index contributed by atoms with van der Waals surface area (Å²) in [5, 5.41) is 12.0. The summed E-state index contributed by atoms with van der Waals surface area (Å²) in [6, 6.07) is 8.86. The molecule has 0 aliphatic heterocycles. The van der Waals surface area contributed by atoms with E-state index in [9.17, 15) is 10.0 Å². The van der Waals surface area contributed by atoms with Crippen molar-refractivity contribution < 1.29 is 9.52 Å². The topological polar surface area (TPSA) is 47.2 Å². The van der Waals surface area contributed by atoms with Gasteiger partial charge >= 0.3 is 0 Å². The molecular formula is C13H13ClN2O2S2. The van der Waals surface area contributed by atoms with Crippen molar-refractivity contribution in [1.29, 1.82) is 0 Å². The van der Waals surface area contributed by atoms with Gasteiger partial charge in [-0.2, -0.15) is 4.73 Å². The average molecular weight is 329 g/mol. The first-order chi connectivity index (χ1) is 9.56. The highest BCUT2D eigenvalue weighted by atomic mass is 35.5. The Hall–Kier alpha value is -1.24. The van der Waals surface area contributed by atoms with Crippen LogP contribution in [0.4, 0.5) is 0 Å². The van der Waals surface area contributed by atoms with E-state index in [-0.39, 0.29) is 11.7 Å². The summed E-state index contributed by atoms with van der Waals surface area (Å²) in [5.41, 5.74) is 0. The second kappa shape index (κ2) is 6.97. The molecule has 2 rings (SSSR count). The van der Waals surface area contributed by atoms with Gasteiger partial charge in [-0.3, -0.25) is 4.79 Å². The van der Waals surface area contributed by atoms with Gasteiger partial charge < -0.3 is 10.1 Å². The molecule has 0 bridgehead atoms. The number of carbonyl (C=O) groups excluding carboxylic acids is 1. The molecule has 20 heavy (non-hydrogen) atoms. The number of halogens is 1. The first kappa shape index (κ1) is 15.2. The lowest BCUT2D eigenvalue weighted by Crippen LogP contribution is -2.30. The number of aromatic nitrogens is 1. The van der Waals surface area contributed by atoms with Gasteiger partial charge in [-0.05, 0) is 30.0 Å². The molecule has 1 amide bonds. The van der Waals surface area contributed by atoms with E-state index in [4.69, 9.17) is 11.6 Å². The van der Waals surface area contributed by atoms with Gasteiger partial charge in [-0.15, -0.1) is 11.3 Å². The molecule has 2 aromatic heterocycles. The van der Waals surface area contributed by atoms with Crippen LogP contribution in [0.15, 0.2) is 41.6 Å². The summed E-state index contributed by atoms with van der Waals surface area (Å²) in [7, 11) is 1.74. The zero-order chi connectivity index (χ0) is 14.5. The van der Waals surface area contributed by atoms with E-state index in [0.717, 1.165) is 9.61 Å². The molecule has 0 atom stereocenters. The fraction of sp³-hybridized carbons (Fsp3) is 0.231. The minimum absolute atomic E-state index is 0.0247. The normalized spacial score (nSPS) is 10.5. The average Bonchev–Trinajstić information content (AvgIpc) is 2.82. The monoisotopic (exact) mass is 328 g/mol. The summed E-state index contributed by atoms with van der Waals surface area (Å²) >= 11 is 8.55. The van der Waals surface area contributed by atoms with Gasteiger partial charge in [0, 0.05) is 24.1 Å². The number of thioether (sulfide) groups is 1. The molecule has 0 aromatic carbocycles. The first-order valence-corrected chi connectivity index (χ1v) is 8.03. The number of hydrogen-bond donors (Lipinski definition) is 0. The van der Waals surface area contributed by atoms with E-state index in [2.05, 4.69) is 0 Å². The van der Waals surface area contributed by atoms with Crippen LogP contribution < -0.4 is 4.73 Å². The van der Waals surface area contributed by atoms with Crippen LogP contribution in [-0.2, 0) is 11.3 Å². The molecule has 2 aromatic rings. The Labute approximate surface area is 130 Å². The fourth-order valence-electron chi connectivity index (χ4n) is 1.53. The van der Waals surface area contributed by atoms with Crippen LogP contribution in [0.2, 0.25) is 4.34 Å². The Morgan fingerprint density at radius 2 is 2.25 bits per heavy atom. The molecular weight excluding hydrogens is 316 g/mol. The number of carbonyl (C=O) groups is 1. The van der Waals surface area contributed by atoms with Crippen molar-refractivity contribution in [3.05, 3.63) is 50.9 Å². The van der Waals surface area contributed by atoms with Crippen molar-refractivity contribution in [1.82, 2.24) is 4.90 Å². The van der Waals surface area contributed by atoms with E-state index in [1.807, 2.05) is 12.1 Å². The van der Waals surface area contributed by atoms with Crippen LogP contribution in [0.1, 0.15) is 4.88 Å². The van der Waals surface area contributed by atoms with Crippen LogP contribution in [-0.4, -0.2) is 23.6 Å². The van der Waals surface area contributed by atoms with Crippen LogP contribution in [0.25, 0.3) is 0 Å². The van der Waals surface area contributed by atoms with Crippen LogP contribution in [0.3, 0.4) is 0 Å². The number of pyridine rings is 1. The highest BCUT2D eigenvalue weighted by Crippen LogP contribution is 2.22. The first-order valence-electron chi connectivity index (χ1n) is 5.85. The number of amides is 1. The Balaban J connectivity index is 1.87. The van der Waals surface area contributed by atoms with E-state index < -0.39 is 0 Å². The van der Waals surface area contributed by atoms with Crippen molar-refractivity contribution in [2.75, 3.05) is 12.8 Å². The van der Waals surface area contributed by atoms with Gasteiger partial charge in [-0.1, -0.05) is 11.6 Å². The van der Waals surface area contributed by atoms with Gasteiger partial charge in [0.1, 0.15) is 0 Å². The number of rotatable bonds is 5. The second-order valence-corrected chi connectivity index (χ2v) is 6.90. The summed E-state index contributed by atoms with van der Waals surface area (Å²) in [6.45, 7) is 0.531. The number of nitrogens with zero attached hydrogens (tertiary/aromatic N) is 2. The molecule has 0 aliphatic rings.